The number of carbonyl (C=O) groups is 1. The number of benzene rings is 3. The SMILES string of the molecule is CN(C)S(=O)(=O)c1ccc(C(=O)OC2c3ccccc3-c3ccccc32)cc1. The number of ether oxygens (including phenoxy) is 1. The molecule has 0 atom stereocenters. The topological polar surface area (TPSA) is 63.7 Å². The predicted octanol–water partition coefficient (Wildman–Crippen LogP) is 3.86. The van der Waals surface area contributed by atoms with Crippen LogP contribution in [0.4, 0.5) is 0 Å². The molecule has 142 valence electrons. The van der Waals surface area contributed by atoms with Crippen molar-refractivity contribution in [3.63, 3.8) is 0 Å². The van der Waals surface area contributed by atoms with E-state index in [-0.39, 0.29) is 4.90 Å². The van der Waals surface area contributed by atoms with E-state index in [1.807, 2.05) is 48.5 Å². The van der Waals surface area contributed by atoms with Gasteiger partial charge in [-0.25, -0.2) is 17.5 Å². The van der Waals surface area contributed by atoms with E-state index in [0.717, 1.165) is 26.6 Å². The predicted molar refractivity (Wildman–Crippen MR) is 106 cm³/mol. The van der Waals surface area contributed by atoms with Crippen molar-refractivity contribution < 1.29 is 17.9 Å². The molecule has 0 saturated heterocycles. The Morgan fingerprint density at radius 3 is 1.82 bits per heavy atom. The fourth-order valence-corrected chi connectivity index (χ4v) is 4.29. The maximum atomic E-state index is 12.7. The molecule has 6 heteroatoms. The average molecular weight is 393 g/mol. The molecule has 0 amide bonds. The lowest BCUT2D eigenvalue weighted by atomic mass is 10.1. The number of hydrogen-bond donors (Lipinski definition) is 0. The molecule has 0 bridgehead atoms. The Hall–Kier alpha value is -2.96. The molecule has 0 spiro atoms. The first kappa shape index (κ1) is 18.4. The minimum absolute atomic E-state index is 0.130. The van der Waals surface area contributed by atoms with Gasteiger partial charge in [0.2, 0.25) is 10.0 Å². The maximum absolute atomic E-state index is 12.7. The Bertz CT molecular complexity index is 1110. The smallest absolute Gasteiger partial charge is 0.339 e. The van der Waals surface area contributed by atoms with Crippen molar-refractivity contribution in [2.45, 2.75) is 11.0 Å². The molecule has 1 aliphatic carbocycles. The first-order chi connectivity index (χ1) is 13.4. The fraction of sp³-hybridized carbons (Fsp3) is 0.136. The van der Waals surface area contributed by atoms with Crippen molar-refractivity contribution in [3.05, 3.63) is 89.5 Å². The summed E-state index contributed by atoms with van der Waals surface area (Å²) in [4.78, 5) is 12.9. The van der Waals surface area contributed by atoms with Crippen molar-refractivity contribution in [1.82, 2.24) is 4.31 Å². The lowest BCUT2D eigenvalue weighted by Gasteiger charge is -2.15. The second-order valence-corrected chi connectivity index (χ2v) is 8.92. The van der Waals surface area contributed by atoms with Gasteiger partial charge in [-0.3, -0.25) is 0 Å². The van der Waals surface area contributed by atoms with E-state index >= 15 is 0 Å². The molecule has 0 fully saturated rings. The van der Waals surface area contributed by atoms with Gasteiger partial charge >= 0.3 is 5.97 Å². The van der Waals surface area contributed by atoms with Crippen LogP contribution < -0.4 is 0 Å². The summed E-state index contributed by atoms with van der Waals surface area (Å²) in [6.07, 6.45) is -0.481. The lowest BCUT2D eigenvalue weighted by Crippen LogP contribution is -2.22. The number of nitrogens with zero attached hydrogens (tertiary/aromatic N) is 1. The molecule has 3 aromatic rings. The third-order valence-corrected chi connectivity index (χ3v) is 6.70. The Labute approximate surface area is 164 Å². The van der Waals surface area contributed by atoms with E-state index in [9.17, 15) is 13.2 Å². The molecule has 0 heterocycles. The van der Waals surface area contributed by atoms with E-state index in [2.05, 4.69) is 0 Å². The lowest BCUT2D eigenvalue weighted by molar-refractivity contribution is 0.0385. The molecule has 3 aromatic carbocycles. The molecule has 0 aliphatic heterocycles. The first-order valence-electron chi connectivity index (χ1n) is 8.81. The number of fused-ring (bicyclic) bond motifs is 3. The van der Waals surface area contributed by atoms with Gasteiger partial charge in [-0.2, -0.15) is 0 Å². The molecule has 0 unspecified atom stereocenters. The second kappa shape index (κ2) is 6.89. The van der Waals surface area contributed by atoms with Gasteiger partial charge in [0.05, 0.1) is 10.5 Å². The van der Waals surface area contributed by atoms with Gasteiger partial charge in [-0.1, -0.05) is 48.5 Å². The number of hydrogen-bond acceptors (Lipinski definition) is 4. The molecule has 0 saturated carbocycles. The van der Waals surface area contributed by atoms with E-state index < -0.39 is 22.1 Å². The molecular formula is C22H19NO4S. The Kier molecular flexibility index (Phi) is 4.53. The zero-order valence-corrected chi connectivity index (χ0v) is 16.3. The molecule has 0 N–H and O–H groups in total. The highest BCUT2D eigenvalue weighted by Crippen LogP contribution is 2.45. The van der Waals surface area contributed by atoms with E-state index in [0.29, 0.717) is 5.56 Å². The summed E-state index contributed by atoms with van der Waals surface area (Å²) in [5, 5.41) is 0. The van der Waals surface area contributed by atoms with Crippen molar-refractivity contribution in [1.29, 1.82) is 0 Å². The average Bonchev–Trinajstić information content (AvgIpc) is 3.02. The Morgan fingerprint density at radius 2 is 1.32 bits per heavy atom. The van der Waals surface area contributed by atoms with Gasteiger partial charge in [0, 0.05) is 25.2 Å². The normalized spacial score (nSPS) is 13.2. The van der Waals surface area contributed by atoms with Crippen LogP contribution in [0.3, 0.4) is 0 Å². The van der Waals surface area contributed by atoms with Crippen molar-refractivity contribution in [2.75, 3.05) is 14.1 Å². The van der Waals surface area contributed by atoms with Crippen LogP contribution in [0.5, 0.6) is 0 Å². The van der Waals surface area contributed by atoms with Crippen molar-refractivity contribution >= 4 is 16.0 Å². The van der Waals surface area contributed by atoms with Crippen LogP contribution in [0.15, 0.2) is 77.7 Å². The fourth-order valence-electron chi connectivity index (χ4n) is 3.39. The summed E-state index contributed by atoms with van der Waals surface area (Å²) in [5.41, 5.74) is 4.32. The number of rotatable bonds is 4. The molecule has 4 rings (SSSR count). The van der Waals surface area contributed by atoms with Gasteiger partial charge < -0.3 is 4.74 Å². The first-order valence-corrected chi connectivity index (χ1v) is 10.3. The second-order valence-electron chi connectivity index (χ2n) is 6.77. The van der Waals surface area contributed by atoms with Crippen LogP contribution >= 0.6 is 0 Å². The third kappa shape index (κ3) is 3.00. The quantitative estimate of drug-likeness (QED) is 0.632. The molecule has 1 aliphatic rings. The molecule has 0 aromatic heterocycles. The van der Waals surface area contributed by atoms with Gasteiger partial charge in [-0.05, 0) is 35.4 Å². The molecule has 0 radical (unpaired) electrons. The third-order valence-electron chi connectivity index (χ3n) is 4.87. The zero-order chi connectivity index (χ0) is 19.9. The van der Waals surface area contributed by atoms with E-state index in [1.165, 1.54) is 38.4 Å². The van der Waals surface area contributed by atoms with Crippen LogP contribution in [0.2, 0.25) is 0 Å². The van der Waals surface area contributed by atoms with Crippen LogP contribution in [-0.4, -0.2) is 32.8 Å². The summed E-state index contributed by atoms with van der Waals surface area (Å²) < 4.78 is 31.3. The van der Waals surface area contributed by atoms with Gasteiger partial charge in [0.1, 0.15) is 0 Å². The largest absolute Gasteiger partial charge is 0.449 e. The van der Waals surface area contributed by atoms with Crippen molar-refractivity contribution in [3.8, 4) is 11.1 Å². The highest BCUT2D eigenvalue weighted by Gasteiger charge is 2.31. The summed E-state index contributed by atoms with van der Waals surface area (Å²) in [5.74, 6) is -0.495. The standard InChI is InChI=1S/C22H19NO4S/c1-23(2)28(25,26)16-13-11-15(12-14-16)22(24)27-21-19-9-5-3-7-17(19)18-8-4-6-10-20(18)21/h3-14,21H,1-2H3. The van der Waals surface area contributed by atoms with Crippen LogP contribution in [0, 0.1) is 0 Å². The van der Waals surface area contributed by atoms with Crippen LogP contribution in [-0.2, 0) is 14.8 Å². The summed E-state index contributed by atoms with van der Waals surface area (Å²) >= 11 is 0. The minimum atomic E-state index is -3.54. The van der Waals surface area contributed by atoms with Gasteiger partial charge in [0.15, 0.2) is 6.10 Å². The molecule has 28 heavy (non-hydrogen) atoms. The molecule has 5 nitrogen and oxygen atoms in total. The zero-order valence-electron chi connectivity index (χ0n) is 15.5. The number of sulfonamides is 1. The minimum Gasteiger partial charge on any atom is -0.449 e. The maximum Gasteiger partial charge on any atom is 0.339 e. The van der Waals surface area contributed by atoms with Crippen LogP contribution in [0.1, 0.15) is 27.6 Å². The monoisotopic (exact) mass is 393 g/mol. The summed E-state index contributed by atoms with van der Waals surface area (Å²) in [6.45, 7) is 0. The van der Waals surface area contributed by atoms with Gasteiger partial charge in [-0.15, -0.1) is 0 Å². The number of carbonyl (C=O) groups excluding carboxylic acids is 1. The van der Waals surface area contributed by atoms with Gasteiger partial charge in [0.25, 0.3) is 0 Å². The van der Waals surface area contributed by atoms with Crippen molar-refractivity contribution in [2.24, 2.45) is 0 Å². The highest BCUT2D eigenvalue weighted by molar-refractivity contribution is 7.89. The highest BCUT2D eigenvalue weighted by atomic mass is 32.2. The molecular weight excluding hydrogens is 374 g/mol. The Morgan fingerprint density at radius 1 is 0.821 bits per heavy atom. The summed E-state index contributed by atoms with van der Waals surface area (Å²) in [6, 6.07) is 21.5. The van der Waals surface area contributed by atoms with Crippen LogP contribution in [0.25, 0.3) is 11.1 Å². The Balaban J connectivity index is 1.63. The van der Waals surface area contributed by atoms with E-state index in [4.69, 9.17) is 4.74 Å². The summed E-state index contributed by atoms with van der Waals surface area (Å²) in [7, 11) is -0.611. The number of esters is 1. The van der Waals surface area contributed by atoms with E-state index in [1.54, 1.807) is 0 Å².